The van der Waals surface area contributed by atoms with E-state index >= 15 is 0 Å². The topological polar surface area (TPSA) is 80.8 Å². The molecule has 0 saturated heterocycles. The van der Waals surface area contributed by atoms with Crippen molar-refractivity contribution in [2.24, 2.45) is 0 Å². The van der Waals surface area contributed by atoms with Crippen molar-refractivity contribution < 1.29 is 35.5 Å². The Balaban J connectivity index is 2.89. The number of halogens is 3. The van der Waals surface area contributed by atoms with Crippen LogP contribution in [-0.2, 0) is 24.0 Å². The maximum absolute atomic E-state index is 11.8. The molecular formula is C5H2F3NO5S. The number of nitrogens with zero attached hydrogens (tertiary/aromatic N) is 1. The summed E-state index contributed by atoms with van der Waals surface area (Å²) in [5.74, 6) is -2.60. The molecule has 1 aliphatic rings. The van der Waals surface area contributed by atoms with Crippen LogP contribution in [0, 0.1) is 0 Å². The van der Waals surface area contributed by atoms with Crippen molar-refractivity contribution in [3.63, 3.8) is 0 Å². The second-order valence-electron chi connectivity index (χ2n) is 2.28. The predicted octanol–water partition coefficient (Wildman–Crippen LogP) is -0.307. The van der Waals surface area contributed by atoms with Gasteiger partial charge < -0.3 is 0 Å². The van der Waals surface area contributed by atoms with Crippen LogP contribution in [0.2, 0.25) is 0 Å². The summed E-state index contributed by atoms with van der Waals surface area (Å²) in [6.45, 7) is 0. The Kier molecular flexibility index (Phi) is 2.57. The Morgan fingerprint density at radius 1 is 1.13 bits per heavy atom. The third kappa shape index (κ3) is 2.15. The van der Waals surface area contributed by atoms with E-state index in [1.54, 1.807) is 0 Å². The number of rotatable bonds is 2. The lowest BCUT2D eigenvalue weighted by Gasteiger charge is -2.13. The molecule has 6 nitrogen and oxygen atoms in total. The highest BCUT2D eigenvalue weighted by Crippen LogP contribution is 2.26. The molecule has 0 aliphatic carbocycles. The minimum Gasteiger partial charge on any atom is -0.267 e. The van der Waals surface area contributed by atoms with Gasteiger partial charge in [0.15, 0.2) is 0 Å². The summed E-state index contributed by atoms with van der Waals surface area (Å²) in [4.78, 5) is 21.3. The zero-order valence-corrected chi connectivity index (χ0v) is 7.50. The third-order valence-electron chi connectivity index (χ3n) is 1.22. The highest BCUT2D eigenvalue weighted by molar-refractivity contribution is 7.87. The van der Waals surface area contributed by atoms with E-state index in [0.29, 0.717) is 12.2 Å². The minimum absolute atomic E-state index is 0.497. The molecule has 1 heterocycles. The number of imide groups is 1. The third-order valence-corrected chi connectivity index (χ3v) is 2.14. The predicted molar refractivity (Wildman–Crippen MR) is 37.1 cm³/mol. The van der Waals surface area contributed by atoms with Gasteiger partial charge in [0.2, 0.25) is 0 Å². The zero-order chi connectivity index (χ0) is 11.9. The lowest BCUT2D eigenvalue weighted by Crippen LogP contribution is -2.38. The summed E-state index contributed by atoms with van der Waals surface area (Å²) in [5.41, 5.74) is -5.70. The van der Waals surface area contributed by atoms with E-state index in [2.05, 4.69) is 4.28 Å². The first-order valence-electron chi connectivity index (χ1n) is 3.22. The van der Waals surface area contributed by atoms with Crippen molar-refractivity contribution in [2.45, 2.75) is 5.51 Å². The molecule has 15 heavy (non-hydrogen) atoms. The summed E-state index contributed by atoms with van der Waals surface area (Å²) in [7, 11) is -6.00. The molecule has 0 radical (unpaired) electrons. The van der Waals surface area contributed by atoms with Crippen molar-refractivity contribution in [1.82, 2.24) is 5.06 Å². The highest BCUT2D eigenvalue weighted by atomic mass is 32.2. The number of alkyl halides is 3. The molecule has 0 bridgehead atoms. The van der Waals surface area contributed by atoms with Gasteiger partial charge in [-0.3, -0.25) is 9.59 Å². The average Bonchev–Trinajstić information content (AvgIpc) is 2.33. The standard InChI is InChI=1S/C5H2F3NO5S/c6-5(7,8)15(12,13)14-9-3(10)1-2-4(9)11/h1-2H. The summed E-state index contributed by atoms with van der Waals surface area (Å²) < 4.78 is 59.3. The largest absolute Gasteiger partial charge is 0.525 e. The molecule has 0 fully saturated rings. The van der Waals surface area contributed by atoms with Gasteiger partial charge in [-0.25, -0.2) is 0 Å². The van der Waals surface area contributed by atoms with Crippen LogP contribution >= 0.6 is 0 Å². The van der Waals surface area contributed by atoms with E-state index in [0.717, 1.165) is 0 Å². The molecule has 0 N–H and O–H groups in total. The monoisotopic (exact) mass is 245 g/mol. The molecule has 1 rings (SSSR count). The summed E-state index contributed by atoms with van der Waals surface area (Å²) in [6.07, 6.45) is 1.16. The SMILES string of the molecule is O=C1C=CC(=O)N1OS(=O)(=O)C(F)(F)F. The molecule has 84 valence electrons. The summed E-state index contributed by atoms with van der Waals surface area (Å²) in [6, 6.07) is 0. The van der Waals surface area contributed by atoms with E-state index in [-0.39, 0.29) is 0 Å². The summed E-state index contributed by atoms with van der Waals surface area (Å²) in [5, 5.41) is -0.497. The Morgan fingerprint density at radius 3 is 1.87 bits per heavy atom. The van der Waals surface area contributed by atoms with Crippen molar-refractivity contribution in [2.75, 3.05) is 0 Å². The van der Waals surface area contributed by atoms with Crippen molar-refractivity contribution in [1.29, 1.82) is 0 Å². The molecule has 0 atom stereocenters. The zero-order valence-electron chi connectivity index (χ0n) is 6.69. The number of amides is 2. The van der Waals surface area contributed by atoms with Gasteiger partial charge in [-0.1, -0.05) is 0 Å². The fourth-order valence-corrected chi connectivity index (χ4v) is 1.03. The number of hydrogen-bond donors (Lipinski definition) is 0. The molecule has 0 aromatic rings. The van der Waals surface area contributed by atoms with Gasteiger partial charge in [0.1, 0.15) is 0 Å². The maximum atomic E-state index is 11.8. The average molecular weight is 245 g/mol. The minimum atomic E-state index is -6.00. The molecule has 0 saturated carbocycles. The first kappa shape index (κ1) is 11.7. The lowest BCUT2D eigenvalue weighted by molar-refractivity contribution is -0.165. The number of carbonyl (C=O) groups excluding carboxylic acids is 2. The first-order valence-corrected chi connectivity index (χ1v) is 4.63. The van der Waals surface area contributed by atoms with Crippen molar-refractivity contribution >= 4 is 21.9 Å². The Labute approximate surface area is 81.0 Å². The van der Waals surface area contributed by atoms with Gasteiger partial charge in [-0.15, -0.1) is 9.35 Å². The normalized spacial score (nSPS) is 17.7. The fourth-order valence-electron chi connectivity index (χ4n) is 0.600. The Hall–Kier alpha value is -1.42. The van der Waals surface area contributed by atoms with Crippen LogP contribution in [0.4, 0.5) is 13.2 Å². The Bertz CT molecular complexity index is 418. The van der Waals surface area contributed by atoms with E-state index in [9.17, 15) is 31.2 Å². The molecule has 0 spiro atoms. The highest BCUT2D eigenvalue weighted by Gasteiger charge is 2.50. The van der Waals surface area contributed by atoms with Gasteiger partial charge in [-0.05, 0) is 0 Å². The van der Waals surface area contributed by atoms with Gasteiger partial charge >= 0.3 is 15.6 Å². The second-order valence-corrected chi connectivity index (χ2v) is 3.80. The molecule has 1 aliphatic heterocycles. The maximum Gasteiger partial charge on any atom is 0.525 e. The first-order chi connectivity index (χ1) is 6.65. The molecule has 0 unspecified atom stereocenters. The summed E-state index contributed by atoms with van der Waals surface area (Å²) >= 11 is 0. The smallest absolute Gasteiger partial charge is 0.267 e. The van der Waals surface area contributed by atoms with Crippen molar-refractivity contribution in [3.05, 3.63) is 12.2 Å². The van der Waals surface area contributed by atoms with Crippen LogP contribution in [0.15, 0.2) is 12.2 Å². The molecule has 0 aromatic heterocycles. The number of hydroxylamine groups is 2. The quantitative estimate of drug-likeness (QED) is 0.492. The van der Waals surface area contributed by atoms with Gasteiger partial charge in [0.25, 0.3) is 11.8 Å². The molecule has 10 heteroatoms. The molecular weight excluding hydrogens is 243 g/mol. The van der Waals surface area contributed by atoms with Crippen molar-refractivity contribution in [3.8, 4) is 0 Å². The Morgan fingerprint density at radius 2 is 1.53 bits per heavy atom. The number of carbonyl (C=O) groups is 2. The van der Waals surface area contributed by atoms with E-state index in [1.807, 2.05) is 0 Å². The van der Waals surface area contributed by atoms with Crippen LogP contribution in [0.1, 0.15) is 0 Å². The van der Waals surface area contributed by atoms with Crippen LogP contribution < -0.4 is 0 Å². The lowest BCUT2D eigenvalue weighted by atomic mass is 10.6. The number of hydrogen-bond acceptors (Lipinski definition) is 5. The fraction of sp³-hybridized carbons (Fsp3) is 0.200. The van der Waals surface area contributed by atoms with Gasteiger partial charge in [0.05, 0.1) is 0 Å². The van der Waals surface area contributed by atoms with Crippen LogP contribution in [0.3, 0.4) is 0 Å². The molecule has 0 aromatic carbocycles. The van der Waals surface area contributed by atoms with Crippen LogP contribution in [0.5, 0.6) is 0 Å². The van der Waals surface area contributed by atoms with Gasteiger partial charge in [-0.2, -0.15) is 21.6 Å². The van der Waals surface area contributed by atoms with E-state index in [4.69, 9.17) is 0 Å². The second kappa shape index (κ2) is 3.31. The van der Waals surface area contributed by atoms with E-state index in [1.165, 1.54) is 0 Å². The van der Waals surface area contributed by atoms with Gasteiger partial charge in [0, 0.05) is 12.2 Å². The molecule has 2 amide bonds. The van der Waals surface area contributed by atoms with E-state index < -0.39 is 32.5 Å². The van der Waals surface area contributed by atoms with Crippen LogP contribution in [0.25, 0.3) is 0 Å². The van der Waals surface area contributed by atoms with Crippen LogP contribution in [-0.4, -0.2) is 30.8 Å².